The number of nitrogens with two attached hydrogens (primary N) is 1. The Morgan fingerprint density at radius 1 is 1.58 bits per heavy atom. The van der Waals surface area contributed by atoms with Gasteiger partial charge in [-0.3, -0.25) is 4.79 Å². The molecule has 5 nitrogen and oxygen atoms in total. The molecule has 0 aromatic heterocycles. The summed E-state index contributed by atoms with van der Waals surface area (Å²) >= 11 is 6.89. The maximum atomic E-state index is 12.3. The summed E-state index contributed by atoms with van der Waals surface area (Å²) < 4.78 is 6.09. The number of phenolic OH excluding ortho intramolecular Hbond substituents is 1. The summed E-state index contributed by atoms with van der Waals surface area (Å²) in [5, 5.41) is 9.64. The molecule has 19 heavy (non-hydrogen) atoms. The molecule has 1 heterocycles. The van der Waals surface area contributed by atoms with E-state index in [1.54, 1.807) is 17.0 Å². The molecule has 7 heteroatoms. The molecule has 1 aromatic carbocycles. The number of ether oxygens (including phenoxy) is 1. The monoisotopic (exact) mass is 392 g/mol. The van der Waals surface area contributed by atoms with Gasteiger partial charge in [-0.15, -0.1) is 0 Å². The maximum absolute atomic E-state index is 12.3. The normalized spacial score (nSPS) is 19.2. The molecule has 1 fully saturated rings. The van der Waals surface area contributed by atoms with Gasteiger partial charge in [-0.05, 0) is 40.8 Å². The molecule has 1 unspecified atom stereocenters. The van der Waals surface area contributed by atoms with Crippen LogP contribution < -0.4 is 5.73 Å². The number of amides is 1. The molecular formula is C12H13IN2O3S. The van der Waals surface area contributed by atoms with Gasteiger partial charge in [-0.25, -0.2) is 0 Å². The first kappa shape index (κ1) is 14.5. The highest BCUT2D eigenvalue weighted by Crippen LogP contribution is 2.22. The molecule has 1 atom stereocenters. The van der Waals surface area contributed by atoms with E-state index in [1.165, 1.54) is 6.07 Å². The Balaban J connectivity index is 2.14. The van der Waals surface area contributed by atoms with Crippen LogP contribution in [0.4, 0.5) is 0 Å². The summed E-state index contributed by atoms with van der Waals surface area (Å²) in [7, 11) is 0. The Bertz CT molecular complexity index is 524. The lowest BCUT2D eigenvalue weighted by molar-refractivity contribution is 0.00877. The predicted octanol–water partition coefficient (Wildman–Crippen LogP) is 1.12. The van der Waals surface area contributed by atoms with Crippen molar-refractivity contribution in [1.29, 1.82) is 0 Å². The van der Waals surface area contributed by atoms with Crippen LogP contribution >= 0.6 is 34.8 Å². The van der Waals surface area contributed by atoms with E-state index in [4.69, 9.17) is 22.7 Å². The van der Waals surface area contributed by atoms with Crippen molar-refractivity contribution in [3.63, 3.8) is 0 Å². The fraction of sp³-hybridized carbons (Fsp3) is 0.333. The van der Waals surface area contributed by atoms with E-state index in [0.29, 0.717) is 28.8 Å². The van der Waals surface area contributed by atoms with Gasteiger partial charge in [0, 0.05) is 12.1 Å². The van der Waals surface area contributed by atoms with Gasteiger partial charge in [0.2, 0.25) is 0 Å². The molecule has 0 aliphatic carbocycles. The number of thiocarbonyl (C=S) groups is 1. The van der Waals surface area contributed by atoms with Crippen LogP contribution in [-0.2, 0) is 4.74 Å². The molecule has 102 valence electrons. The number of carbonyl (C=O) groups is 1. The van der Waals surface area contributed by atoms with Gasteiger partial charge in [0.15, 0.2) is 0 Å². The average Bonchev–Trinajstić information content (AvgIpc) is 2.41. The topological polar surface area (TPSA) is 75.8 Å². The lowest BCUT2D eigenvalue weighted by Crippen LogP contribution is -2.49. The third-order valence-corrected chi connectivity index (χ3v) is 4.04. The van der Waals surface area contributed by atoms with E-state index in [0.717, 1.165) is 0 Å². The Morgan fingerprint density at radius 2 is 2.32 bits per heavy atom. The van der Waals surface area contributed by atoms with E-state index in [1.807, 2.05) is 22.6 Å². The Morgan fingerprint density at radius 3 is 2.95 bits per heavy atom. The third kappa shape index (κ3) is 3.34. The van der Waals surface area contributed by atoms with Crippen LogP contribution in [0.1, 0.15) is 10.4 Å². The number of halogens is 1. The van der Waals surface area contributed by atoms with E-state index >= 15 is 0 Å². The molecule has 1 aliphatic heterocycles. The number of rotatable bonds is 2. The summed E-state index contributed by atoms with van der Waals surface area (Å²) in [6.07, 6.45) is -0.398. The van der Waals surface area contributed by atoms with Gasteiger partial charge in [-0.2, -0.15) is 0 Å². The molecule has 0 bridgehead atoms. The van der Waals surface area contributed by atoms with E-state index in [9.17, 15) is 9.90 Å². The summed E-state index contributed by atoms with van der Waals surface area (Å²) in [5.74, 6) is -0.0538. The molecule has 0 spiro atoms. The Hall–Kier alpha value is -0.930. The van der Waals surface area contributed by atoms with Crippen molar-refractivity contribution in [3.05, 3.63) is 27.3 Å². The first-order valence-electron chi connectivity index (χ1n) is 5.67. The number of benzene rings is 1. The van der Waals surface area contributed by atoms with E-state index in [2.05, 4.69) is 0 Å². The molecule has 1 amide bonds. The van der Waals surface area contributed by atoms with Gasteiger partial charge >= 0.3 is 0 Å². The first-order valence-corrected chi connectivity index (χ1v) is 7.16. The van der Waals surface area contributed by atoms with Crippen molar-refractivity contribution in [1.82, 2.24) is 4.90 Å². The lowest BCUT2D eigenvalue weighted by Gasteiger charge is -2.32. The first-order chi connectivity index (χ1) is 8.99. The van der Waals surface area contributed by atoms with Crippen LogP contribution in [0, 0.1) is 3.57 Å². The summed E-state index contributed by atoms with van der Waals surface area (Å²) in [4.78, 5) is 14.2. The molecule has 1 aromatic rings. The predicted molar refractivity (Wildman–Crippen MR) is 83.3 cm³/mol. The standard InChI is InChI=1S/C12H13IN2O3S/c13-8-2-1-7(5-9(8)16)12(17)15-3-4-18-10(6-15)11(14)19/h1-2,5,10,16H,3-4,6H2,(H2,14,19). The van der Waals surface area contributed by atoms with Crippen LogP contribution in [0.15, 0.2) is 18.2 Å². The minimum absolute atomic E-state index is 0.102. The molecule has 1 aliphatic rings. The van der Waals surface area contributed by atoms with E-state index in [-0.39, 0.29) is 16.6 Å². The number of phenols is 1. The van der Waals surface area contributed by atoms with Crippen LogP contribution in [0.2, 0.25) is 0 Å². The quantitative estimate of drug-likeness (QED) is 0.583. The summed E-state index contributed by atoms with van der Waals surface area (Å²) in [6.45, 7) is 1.25. The van der Waals surface area contributed by atoms with Crippen LogP contribution in [0.3, 0.4) is 0 Å². The summed E-state index contributed by atoms with van der Waals surface area (Å²) in [6, 6.07) is 4.86. The lowest BCUT2D eigenvalue weighted by atomic mass is 10.1. The SMILES string of the molecule is NC(=S)C1CN(C(=O)c2ccc(I)c(O)c2)CCO1. The van der Waals surface area contributed by atoms with Crippen molar-refractivity contribution < 1.29 is 14.6 Å². The second kappa shape index (κ2) is 6.02. The van der Waals surface area contributed by atoms with Gasteiger partial charge in [-0.1, -0.05) is 12.2 Å². The van der Waals surface area contributed by atoms with Crippen LogP contribution in [-0.4, -0.2) is 46.7 Å². The fourth-order valence-electron chi connectivity index (χ4n) is 1.83. The number of hydrogen-bond acceptors (Lipinski definition) is 4. The molecule has 0 saturated carbocycles. The number of aromatic hydroxyl groups is 1. The third-order valence-electron chi connectivity index (χ3n) is 2.86. The Kier molecular flexibility index (Phi) is 4.58. The average molecular weight is 392 g/mol. The number of nitrogens with zero attached hydrogens (tertiary/aromatic N) is 1. The second-order valence-electron chi connectivity index (χ2n) is 4.18. The Labute approximate surface area is 129 Å². The highest BCUT2D eigenvalue weighted by molar-refractivity contribution is 14.1. The van der Waals surface area contributed by atoms with Crippen molar-refractivity contribution in [3.8, 4) is 5.75 Å². The number of carbonyl (C=O) groups excluding carboxylic acids is 1. The van der Waals surface area contributed by atoms with Gasteiger partial charge in [0.05, 0.1) is 16.7 Å². The maximum Gasteiger partial charge on any atom is 0.254 e. The van der Waals surface area contributed by atoms with Crippen molar-refractivity contribution in [2.75, 3.05) is 19.7 Å². The minimum Gasteiger partial charge on any atom is -0.507 e. The molecule has 0 radical (unpaired) electrons. The number of hydrogen-bond donors (Lipinski definition) is 2. The van der Waals surface area contributed by atoms with Gasteiger partial charge < -0.3 is 20.5 Å². The molecule has 1 saturated heterocycles. The van der Waals surface area contributed by atoms with Crippen molar-refractivity contribution in [2.24, 2.45) is 5.73 Å². The second-order valence-corrected chi connectivity index (χ2v) is 5.81. The highest BCUT2D eigenvalue weighted by atomic mass is 127. The molecule has 3 N–H and O–H groups in total. The van der Waals surface area contributed by atoms with Crippen molar-refractivity contribution >= 4 is 45.7 Å². The fourth-order valence-corrected chi connectivity index (χ4v) is 2.31. The molecular weight excluding hydrogens is 379 g/mol. The minimum atomic E-state index is -0.398. The smallest absolute Gasteiger partial charge is 0.254 e. The zero-order chi connectivity index (χ0) is 14.0. The van der Waals surface area contributed by atoms with Gasteiger partial charge in [0.1, 0.15) is 16.8 Å². The van der Waals surface area contributed by atoms with Crippen LogP contribution in [0.25, 0.3) is 0 Å². The number of morpholine rings is 1. The molecule has 2 rings (SSSR count). The van der Waals surface area contributed by atoms with Crippen molar-refractivity contribution in [2.45, 2.75) is 6.10 Å². The zero-order valence-electron chi connectivity index (χ0n) is 10.0. The largest absolute Gasteiger partial charge is 0.507 e. The summed E-state index contributed by atoms with van der Waals surface area (Å²) in [5.41, 5.74) is 5.99. The van der Waals surface area contributed by atoms with E-state index < -0.39 is 6.10 Å². The van der Waals surface area contributed by atoms with Crippen LogP contribution in [0.5, 0.6) is 5.75 Å². The van der Waals surface area contributed by atoms with Gasteiger partial charge in [0.25, 0.3) is 5.91 Å². The zero-order valence-corrected chi connectivity index (χ0v) is 13.0. The highest BCUT2D eigenvalue weighted by Gasteiger charge is 2.26.